The normalized spacial score (nSPS) is 14.6. The third-order valence-electron chi connectivity index (χ3n) is 4.87. The molecule has 1 aromatic carbocycles. The standard InChI is InChI=1S/C20H15Cl2F3N4O/c21-14-3-1-2-12(17(14)22)15-5-4-11(8-26-15)9-29-7-6-16-13(10-29)18(30)28-19(27-16)20(23,24)25/h1-5,8H,6-7,9-10H2,(H,27,28,30). The van der Waals surface area contributed by atoms with Crippen LogP contribution in [0.4, 0.5) is 13.2 Å². The number of fused-ring (bicyclic) bond motifs is 1. The summed E-state index contributed by atoms with van der Waals surface area (Å²) in [5, 5.41) is 0.872. The monoisotopic (exact) mass is 454 g/mol. The molecule has 1 aliphatic rings. The van der Waals surface area contributed by atoms with Gasteiger partial charge in [0, 0.05) is 37.8 Å². The Kier molecular flexibility index (Phi) is 5.57. The number of halogens is 5. The second-order valence-corrected chi connectivity index (χ2v) is 7.74. The fraction of sp³-hybridized carbons (Fsp3) is 0.250. The summed E-state index contributed by atoms with van der Waals surface area (Å²) in [5.74, 6) is -1.25. The maximum absolute atomic E-state index is 12.8. The first-order chi connectivity index (χ1) is 14.2. The second-order valence-electron chi connectivity index (χ2n) is 6.95. The van der Waals surface area contributed by atoms with Crippen LogP contribution >= 0.6 is 23.2 Å². The molecular formula is C20H15Cl2F3N4O. The Hall–Kier alpha value is -2.42. The fourth-order valence-corrected chi connectivity index (χ4v) is 3.78. The first-order valence-corrected chi connectivity index (χ1v) is 9.79. The highest BCUT2D eigenvalue weighted by atomic mass is 35.5. The van der Waals surface area contributed by atoms with Gasteiger partial charge in [-0.15, -0.1) is 0 Å². The molecule has 0 bridgehead atoms. The minimum absolute atomic E-state index is 0.200. The van der Waals surface area contributed by atoms with Gasteiger partial charge in [0.2, 0.25) is 5.82 Å². The minimum Gasteiger partial charge on any atom is -0.303 e. The highest BCUT2D eigenvalue weighted by molar-refractivity contribution is 6.43. The van der Waals surface area contributed by atoms with E-state index in [0.29, 0.717) is 28.8 Å². The topological polar surface area (TPSA) is 61.9 Å². The van der Waals surface area contributed by atoms with Gasteiger partial charge in [-0.2, -0.15) is 13.2 Å². The zero-order chi connectivity index (χ0) is 21.5. The third kappa shape index (κ3) is 4.21. The van der Waals surface area contributed by atoms with E-state index in [1.165, 1.54) is 0 Å². The molecule has 10 heteroatoms. The largest absolute Gasteiger partial charge is 0.449 e. The van der Waals surface area contributed by atoms with Gasteiger partial charge < -0.3 is 4.98 Å². The van der Waals surface area contributed by atoms with Gasteiger partial charge in [0.25, 0.3) is 5.56 Å². The Morgan fingerprint density at radius 1 is 1.17 bits per heavy atom. The molecule has 0 fully saturated rings. The molecule has 30 heavy (non-hydrogen) atoms. The molecule has 0 aliphatic carbocycles. The predicted octanol–water partition coefficient (Wildman–Crippen LogP) is 4.72. The van der Waals surface area contributed by atoms with Gasteiger partial charge in [-0.25, -0.2) is 4.98 Å². The average Bonchev–Trinajstić information content (AvgIpc) is 2.70. The molecule has 0 saturated carbocycles. The lowest BCUT2D eigenvalue weighted by Crippen LogP contribution is -2.36. The first-order valence-electron chi connectivity index (χ1n) is 9.03. The van der Waals surface area contributed by atoms with E-state index in [2.05, 4.69) is 9.97 Å². The highest BCUT2D eigenvalue weighted by Crippen LogP contribution is 2.32. The summed E-state index contributed by atoms with van der Waals surface area (Å²) >= 11 is 12.3. The van der Waals surface area contributed by atoms with Gasteiger partial charge >= 0.3 is 6.18 Å². The van der Waals surface area contributed by atoms with Crippen molar-refractivity contribution in [2.75, 3.05) is 6.54 Å². The zero-order valence-electron chi connectivity index (χ0n) is 15.4. The van der Waals surface area contributed by atoms with E-state index < -0.39 is 17.6 Å². The van der Waals surface area contributed by atoms with Crippen molar-refractivity contribution in [1.82, 2.24) is 19.9 Å². The molecule has 2 aromatic heterocycles. The average molecular weight is 455 g/mol. The van der Waals surface area contributed by atoms with Gasteiger partial charge in [-0.3, -0.25) is 14.7 Å². The number of alkyl halides is 3. The smallest absolute Gasteiger partial charge is 0.303 e. The van der Waals surface area contributed by atoms with Gasteiger partial charge in [-0.05, 0) is 17.7 Å². The molecule has 0 spiro atoms. The highest BCUT2D eigenvalue weighted by Gasteiger charge is 2.35. The van der Waals surface area contributed by atoms with Crippen molar-refractivity contribution < 1.29 is 13.2 Å². The van der Waals surface area contributed by atoms with E-state index in [1.54, 1.807) is 18.3 Å². The second kappa shape index (κ2) is 8.02. The molecule has 3 aromatic rings. The number of benzene rings is 1. The van der Waals surface area contributed by atoms with Crippen LogP contribution in [0, 0.1) is 0 Å². The summed E-state index contributed by atoms with van der Waals surface area (Å²) in [6, 6.07) is 9.04. The van der Waals surface area contributed by atoms with Crippen molar-refractivity contribution >= 4 is 23.2 Å². The number of rotatable bonds is 3. The molecule has 0 unspecified atom stereocenters. The van der Waals surface area contributed by atoms with Gasteiger partial charge in [0.1, 0.15) is 0 Å². The Balaban J connectivity index is 1.50. The first kappa shape index (κ1) is 20.8. The molecule has 0 saturated heterocycles. The maximum Gasteiger partial charge on any atom is 0.449 e. The fourth-order valence-electron chi connectivity index (χ4n) is 3.39. The summed E-state index contributed by atoms with van der Waals surface area (Å²) in [7, 11) is 0. The van der Waals surface area contributed by atoms with Crippen LogP contribution in [0.3, 0.4) is 0 Å². The maximum atomic E-state index is 12.8. The summed E-state index contributed by atoms with van der Waals surface area (Å²) in [6.45, 7) is 1.21. The van der Waals surface area contributed by atoms with Crippen molar-refractivity contribution in [2.45, 2.75) is 25.7 Å². The number of hydrogen-bond acceptors (Lipinski definition) is 4. The lowest BCUT2D eigenvalue weighted by molar-refractivity contribution is -0.145. The van der Waals surface area contributed by atoms with Crippen LogP contribution in [0.5, 0.6) is 0 Å². The molecule has 4 rings (SSSR count). The number of nitrogens with zero attached hydrogens (tertiary/aromatic N) is 3. The predicted molar refractivity (Wildman–Crippen MR) is 107 cm³/mol. The molecule has 5 nitrogen and oxygen atoms in total. The SMILES string of the molecule is O=c1[nH]c(C(F)(F)F)nc2c1CN(Cc1ccc(-c3cccc(Cl)c3Cl)nc1)CC2. The van der Waals surface area contributed by atoms with Crippen molar-refractivity contribution in [3.8, 4) is 11.3 Å². The Morgan fingerprint density at radius 2 is 1.97 bits per heavy atom. The third-order valence-corrected chi connectivity index (χ3v) is 5.69. The minimum atomic E-state index is -4.68. The van der Waals surface area contributed by atoms with E-state index in [9.17, 15) is 18.0 Å². The summed E-state index contributed by atoms with van der Waals surface area (Å²) < 4.78 is 38.5. The van der Waals surface area contributed by atoms with Gasteiger partial charge in [0.15, 0.2) is 0 Å². The number of pyridine rings is 1. The van der Waals surface area contributed by atoms with Crippen molar-refractivity contribution in [3.63, 3.8) is 0 Å². The van der Waals surface area contributed by atoms with Crippen LogP contribution in [0.25, 0.3) is 11.3 Å². The Bertz CT molecular complexity index is 1150. The van der Waals surface area contributed by atoms with Crippen LogP contribution < -0.4 is 5.56 Å². The van der Waals surface area contributed by atoms with Crippen molar-refractivity contribution in [1.29, 1.82) is 0 Å². The van der Waals surface area contributed by atoms with Crippen LogP contribution in [-0.4, -0.2) is 26.4 Å². The van der Waals surface area contributed by atoms with E-state index in [-0.39, 0.29) is 24.2 Å². The molecule has 0 amide bonds. The molecule has 0 atom stereocenters. The van der Waals surface area contributed by atoms with E-state index in [4.69, 9.17) is 23.2 Å². The van der Waals surface area contributed by atoms with Crippen LogP contribution in [0.2, 0.25) is 10.0 Å². The summed E-state index contributed by atoms with van der Waals surface area (Å²) in [5.41, 5.74) is 2.02. The Labute approximate surface area is 179 Å². The summed E-state index contributed by atoms with van der Waals surface area (Å²) in [4.78, 5) is 24.0. The van der Waals surface area contributed by atoms with E-state index >= 15 is 0 Å². The molecule has 3 heterocycles. The molecule has 156 valence electrons. The van der Waals surface area contributed by atoms with Crippen LogP contribution in [0.1, 0.15) is 22.6 Å². The molecule has 0 radical (unpaired) electrons. The number of H-pyrrole nitrogens is 1. The zero-order valence-corrected chi connectivity index (χ0v) is 16.9. The van der Waals surface area contributed by atoms with Crippen LogP contribution in [0.15, 0.2) is 41.3 Å². The van der Waals surface area contributed by atoms with Gasteiger partial charge in [-0.1, -0.05) is 41.4 Å². The number of aromatic nitrogens is 3. The number of nitrogens with one attached hydrogen (secondary N) is 1. The molecule has 1 aliphatic heterocycles. The van der Waals surface area contributed by atoms with Crippen LogP contribution in [-0.2, 0) is 25.7 Å². The molecule has 1 N–H and O–H groups in total. The lowest BCUT2D eigenvalue weighted by atomic mass is 10.1. The van der Waals surface area contributed by atoms with Crippen molar-refractivity contribution in [2.24, 2.45) is 0 Å². The van der Waals surface area contributed by atoms with Crippen molar-refractivity contribution in [3.05, 3.63) is 79.6 Å². The molecular weight excluding hydrogens is 440 g/mol. The number of hydrogen-bond donors (Lipinski definition) is 1. The van der Waals surface area contributed by atoms with E-state index in [0.717, 1.165) is 11.1 Å². The summed E-state index contributed by atoms with van der Waals surface area (Å²) in [6.07, 6.45) is -2.70. The van der Waals surface area contributed by atoms with E-state index in [1.807, 2.05) is 28.1 Å². The lowest BCUT2D eigenvalue weighted by Gasteiger charge is -2.27. The quantitative estimate of drug-likeness (QED) is 0.621. The number of aromatic amines is 1. The van der Waals surface area contributed by atoms with Gasteiger partial charge in [0.05, 0.1) is 27.0 Å². The Morgan fingerprint density at radius 3 is 2.67 bits per heavy atom.